The van der Waals surface area contributed by atoms with E-state index in [4.69, 9.17) is 0 Å². The molecule has 116 valence electrons. The van der Waals surface area contributed by atoms with Gasteiger partial charge >= 0.3 is 0 Å². The van der Waals surface area contributed by atoms with Crippen LogP contribution in [0.2, 0.25) is 0 Å². The fraction of sp³-hybridized carbons (Fsp3) is 0.588. The predicted octanol–water partition coefficient (Wildman–Crippen LogP) is 3.27. The Morgan fingerprint density at radius 1 is 1.19 bits per heavy atom. The van der Waals surface area contributed by atoms with E-state index in [2.05, 4.69) is 30.5 Å². The van der Waals surface area contributed by atoms with Gasteiger partial charge in [-0.2, -0.15) is 0 Å². The molecule has 4 heteroatoms. The number of halogens is 1. The summed E-state index contributed by atoms with van der Waals surface area (Å²) in [6.45, 7) is 6.37. The maximum absolute atomic E-state index is 12.4. The normalized spacial score (nSPS) is 27.6. The molecule has 0 spiro atoms. The third-order valence-corrected chi connectivity index (χ3v) is 4.85. The second-order valence-electron chi connectivity index (χ2n) is 6.56. The smallest absolute Gasteiger partial charge is 0.251 e. The largest absolute Gasteiger partial charge is 0.349 e. The van der Waals surface area contributed by atoms with Crippen LogP contribution in [-0.2, 0) is 13.1 Å². The molecule has 0 radical (unpaired) electrons. The Kier molecular flexibility index (Phi) is 5.28. The highest BCUT2D eigenvalue weighted by molar-refractivity contribution is 5.94. The van der Waals surface area contributed by atoms with Crippen molar-refractivity contribution in [3.63, 3.8) is 0 Å². The van der Waals surface area contributed by atoms with Gasteiger partial charge in [-0.25, -0.2) is 0 Å². The number of fused-ring (bicyclic) bond motifs is 1. The van der Waals surface area contributed by atoms with E-state index in [1.807, 2.05) is 12.1 Å². The van der Waals surface area contributed by atoms with E-state index in [1.165, 1.54) is 24.0 Å². The van der Waals surface area contributed by atoms with Crippen LogP contribution >= 0.6 is 12.4 Å². The molecule has 0 aromatic heterocycles. The van der Waals surface area contributed by atoms with E-state index in [-0.39, 0.29) is 18.3 Å². The average Bonchev–Trinajstić information content (AvgIpc) is 2.89. The van der Waals surface area contributed by atoms with Gasteiger partial charge in [0.1, 0.15) is 0 Å². The molecule has 1 aliphatic heterocycles. The minimum absolute atomic E-state index is 0. The van der Waals surface area contributed by atoms with Crippen molar-refractivity contribution >= 4 is 18.3 Å². The predicted molar refractivity (Wildman–Crippen MR) is 87.7 cm³/mol. The van der Waals surface area contributed by atoms with Crippen LogP contribution in [0, 0.1) is 11.8 Å². The summed E-state index contributed by atoms with van der Waals surface area (Å²) in [5, 5.41) is 6.55. The number of benzene rings is 1. The molecule has 1 fully saturated rings. The minimum Gasteiger partial charge on any atom is -0.349 e. The summed E-state index contributed by atoms with van der Waals surface area (Å²) in [7, 11) is 0. The lowest BCUT2D eigenvalue weighted by Crippen LogP contribution is -2.42. The van der Waals surface area contributed by atoms with Gasteiger partial charge in [0.05, 0.1) is 0 Å². The van der Waals surface area contributed by atoms with Crippen molar-refractivity contribution in [2.45, 2.75) is 52.2 Å². The molecule has 1 aromatic carbocycles. The van der Waals surface area contributed by atoms with Crippen LogP contribution in [0.25, 0.3) is 0 Å². The third-order valence-electron chi connectivity index (χ3n) is 4.85. The first-order valence-corrected chi connectivity index (χ1v) is 7.77. The topological polar surface area (TPSA) is 41.1 Å². The molecule has 1 heterocycles. The lowest BCUT2D eigenvalue weighted by molar-refractivity contribution is 0.0899. The molecule has 2 N–H and O–H groups in total. The van der Waals surface area contributed by atoms with Gasteiger partial charge in [0.2, 0.25) is 0 Å². The Morgan fingerprint density at radius 2 is 1.95 bits per heavy atom. The zero-order chi connectivity index (χ0) is 14.1. The van der Waals surface area contributed by atoms with Crippen LogP contribution in [0.1, 0.15) is 54.6 Å². The molecule has 3 unspecified atom stereocenters. The standard InChI is InChI=1S/C17H24N2O.ClH/c1-11-3-6-16(12(2)7-11)19-17(20)13-4-5-14-9-18-10-15(14)8-13;/h4-5,8,11-12,16,18H,3,6-7,9-10H2,1-2H3,(H,19,20);1H. The Balaban J connectivity index is 0.00000161. The van der Waals surface area contributed by atoms with Crippen LogP contribution < -0.4 is 10.6 Å². The summed E-state index contributed by atoms with van der Waals surface area (Å²) in [6.07, 6.45) is 3.56. The fourth-order valence-corrected chi connectivity index (χ4v) is 3.57. The van der Waals surface area contributed by atoms with Crippen molar-refractivity contribution in [1.29, 1.82) is 0 Å². The molecule has 3 rings (SSSR count). The number of nitrogens with one attached hydrogen (secondary N) is 2. The number of carbonyl (C=O) groups excluding carboxylic acids is 1. The zero-order valence-corrected chi connectivity index (χ0v) is 13.6. The summed E-state index contributed by atoms with van der Waals surface area (Å²) in [6, 6.07) is 6.42. The Hall–Kier alpha value is -1.06. The van der Waals surface area contributed by atoms with Crippen molar-refractivity contribution in [2.24, 2.45) is 11.8 Å². The van der Waals surface area contributed by atoms with Crippen molar-refractivity contribution < 1.29 is 4.79 Å². The molecule has 0 saturated heterocycles. The zero-order valence-electron chi connectivity index (χ0n) is 12.8. The van der Waals surface area contributed by atoms with Gasteiger partial charge in [-0.3, -0.25) is 4.79 Å². The maximum atomic E-state index is 12.4. The molecule has 3 atom stereocenters. The second-order valence-corrected chi connectivity index (χ2v) is 6.56. The number of rotatable bonds is 2. The SMILES string of the molecule is CC1CCC(NC(=O)c2ccc3c(c2)CNC3)C(C)C1.Cl. The number of carbonyl (C=O) groups is 1. The van der Waals surface area contributed by atoms with Crippen molar-refractivity contribution in [2.75, 3.05) is 0 Å². The van der Waals surface area contributed by atoms with E-state index < -0.39 is 0 Å². The molecular weight excluding hydrogens is 284 g/mol. The number of hydrogen-bond acceptors (Lipinski definition) is 2. The second kappa shape index (κ2) is 6.80. The molecule has 1 saturated carbocycles. The van der Waals surface area contributed by atoms with Gasteiger partial charge in [0.15, 0.2) is 0 Å². The Morgan fingerprint density at radius 3 is 2.71 bits per heavy atom. The number of amides is 1. The highest BCUT2D eigenvalue weighted by Crippen LogP contribution is 2.29. The molecule has 2 aliphatic rings. The van der Waals surface area contributed by atoms with Gasteiger partial charge in [0, 0.05) is 24.7 Å². The average molecular weight is 309 g/mol. The summed E-state index contributed by atoms with van der Waals surface area (Å²) < 4.78 is 0. The van der Waals surface area contributed by atoms with Crippen molar-refractivity contribution in [3.05, 3.63) is 34.9 Å². The van der Waals surface area contributed by atoms with Crippen LogP contribution in [0.15, 0.2) is 18.2 Å². The van der Waals surface area contributed by atoms with Crippen molar-refractivity contribution in [3.8, 4) is 0 Å². The third kappa shape index (κ3) is 3.58. The first-order valence-electron chi connectivity index (χ1n) is 7.77. The fourth-order valence-electron chi connectivity index (χ4n) is 3.57. The summed E-state index contributed by atoms with van der Waals surface area (Å²) >= 11 is 0. The molecule has 1 aliphatic carbocycles. The van der Waals surface area contributed by atoms with Crippen molar-refractivity contribution in [1.82, 2.24) is 10.6 Å². The molecule has 1 amide bonds. The first-order chi connectivity index (χ1) is 9.63. The van der Waals surface area contributed by atoms with Gasteiger partial charge in [0.25, 0.3) is 5.91 Å². The van der Waals surface area contributed by atoms with Crippen LogP contribution in [0.5, 0.6) is 0 Å². The minimum atomic E-state index is 0. The molecule has 0 bridgehead atoms. The Labute approximate surface area is 133 Å². The van der Waals surface area contributed by atoms with E-state index >= 15 is 0 Å². The first kappa shape index (κ1) is 16.3. The van der Waals surface area contributed by atoms with E-state index in [9.17, 15) is 4.79 Å². The van der Waals surface area contributed by atoms with Crippen LogP contribution in [-0.4, -0.2) is 11.9 Å². The highest BCUT2D eigenvalue weighted by Gasteiger charge is 2.27. The van der Waals surface area contributed by atoms with Gasteiger partial charge in [-0.05, 0) is 54.4 Å². The maximum Gasteiger partial charge on any atom is 0.251 e. The van der Waals surface area contributed by atoms with Crippen LogP contribution in [0.4, 0.5) is 0 Å². The van der Waals surface area contributed by atoms with Gasteiger partial charge < -0.3 is 10.6 Å². The van der Waals surface area contributed by atoms with E-state index in [0.717, 1.165) is 31.0 Å². The lowest BCUT2D eigenvalue weighted by Gasteiger charge is -2.33. The summed E-state index contributed by atoms with van der Waals surface area (Å²) in [5.41, 5.74) is 3.39. The van der Waals surface area contributed by atoms with Crippen LogP contribution in [0.3, 0.4) is 0 Å². The van der Waals surface area contributed by atoms with Gasteiger partial charge in [-0.15, -0.1) is 12.4 Å². The van der Waals surface area contributed by atoms with E-state index in [1.54, 1.807) is 0 Å². The molecule has 1 aromatic rings. The Bertz CT molecular complexity index is 518. The van der Waals surface area contributed by atoms with E-state index in [0.29, 0.717) is 12.0 Å². The lowest BCUT2D eigenvalue weighted by atomic mass is 9.80. The number of hydrogen-bond donors (Lipinski definition) is 2. The summed E-state index contributed by atoms with van der Waals surface area (Å²) in [4.78, 5) is 12.4. The molecule has 21 heavy (non-hydrogen) atoms. The quantitative estimate of drug-likeness (QED) is 0.880. The van der Waals surface area contributed by atoms with Gasteiger partial charge in [-0.1, -0.05) is 19.9 Å². The molecule has 3 nitrogen and oxygen atoms in total. The highest BCUT2D eigenvalue weighted by atomic mass is 35.5. The molecular formula is C17H25ClN2O. The monoisotopic (exact) mass is 308 g/mol. The summed E-state index contributed by atoms with van der Waals surface area (Å²) in [5.74, 6) is 1.47.